The Labute approximate surface area is 91.3 Å². The number of hydrogen-bond acceptors (Lipinski definition) is 3. The number of pyridine rings is 1. The van der Waals surface area contributed by atoms with E-state index in [-0.39, 0.29) is 5.54 Å². The first-order valence-electron chi connectivity index (χ1n) is 5.56. The summed E-state index contributed by atoms with van der Waals surface area (Å²) in [7, 11) is 0. The molecule has 82 valence electrons. The van der Waals surface area contributed by atoms with E-state index in [0.717, 1.165) is 17.9 Å². The lowest BCUT2D eigenvalue weighted by Gasteiger charge is -2.32. The summed E-state index contributed by atoms with van der Waals surface area (Å²) in [4.78, 5) is 6.86. The van der Waals surface area contributed by atoms with E-state index >= 15 is 0 Å². The smallest absolute Gasteiger partial charge is 0.128 e. The summed E-state index contributed by atoms with van der Waals surface area (Å²) in [6, 6.07) is 4.14. The molecule has 15 heavy (non-hydrogen) atoms. The Morgan fingerprint density at radius 1 is 1.47 bits per heavy atom. The summed E-state index contributed by atoms with van der Waals surface area (Å²) in [5.41, 5.74) is 6.89. The quantitative estimate of drug-likeness (QED) is 0.802. The van der Waals surface area contributed by atoms with E-state index in [9.17, 15) is 0 Å². The Kier molecular flexibility index (Phi) is 2.65. The van der Waals surface area contributed by atoms with Crippen LogP contribution in [0.25, 0.3) is 0 Å². The van der Waals surface area contributed by atoms with Gasteiger partial charge >= 0.3 is 0 Å². The first kappa shape index (κ1) is 10.4. The number of rotatable bonds is 2. The molecule has 2 heterocycles. The highest BCUT2D eigenvalue weighted by atomic mass is 15.3. The van der Waals surface area contributed by atoms with E-state index < -0.39 is 0 Å². The van der Waals surface area contributed by atoms with Gasteiger partial charge in [0.05, 0.1) is 0 Å². The summed E-state index contributed by atoms with van der Waals surface area (Å²) in [5.74, 6) is 1.08. The molecule has 0 radical (unpaired) electrons. The second-order valence-corrected chi connectivity index (χ2v) is 4.80. The Bertz CT molecular complexity index is 329. The third-order valence-electron chi connectivity index (χ3n) is 3.22. The molecule has 0 spiro atoms. The molecule has 1 aromatic rings. The summed E-state index contributed by atoms with van der Waals surface area (Å²) in [5, 5.41) is 0. The normalized spacial score (nSPS) is 19.5. The molecule has 0 unspecified atom stereocenters. The molecule has 0 bridgehead atoms. The van der Waals surface area contributed by atoms with E-state index in [4.69, 9.17) is 5.73 Å². The van der Waals surface area contributed by atoms with Gasteiger partial charge in [-0.25, -0.2) is 4.98 Å². The molecule has 0 aromatic carbocycles. The van der Waals surface area contributed by atoms with Crippen molar-refractivity contribution in [3.05, 3.63) is 23.9 Å². The van der Waals surface area contributed by atoms with Crippen molar-refractivity contribution in [1.82, 2.24) is 4.98 Å². The molecular formula is C12H19N3. The molecule has 1 aliphatic rings. The van der Waals surface area contributed by atoms with E-state index in [0.29, 0.717) is 6.54 Å². The van der Waals surface area contributed by atoms with Crippen molar-refractivity contribution >= 4 is 5.82 Å². The number of nitrogens with zero attached hydrogens (tertiary/aromatic N) is 2. The van der Waals surface area contributed by atoms with Crippen LogP contribution in [0, 0.1) is 0 Å². The third kappa shape index (κ3) is 1.97. The summed E-state index contributed by atoms with van der Waals surface area (Å²) < 4.78 is 0. The molecule has 1 aromatic heterocycles. The largest absolute Gasteiger partial charge is 0.352 e. The van der Waals surface area contributed by atoms with Gasteiger partial charge in [0.25, 0.3) is 0 Å². The molecule has 0 saturated carbocycles. The Morgan fingerprint density at radius 2 is 2.27 bits per heavy atom. The Morgan fingerprint density at radius 3 is 2.73 bits per heavy atom. The van der Waals surface area contributed by atoms with Crippen molar-refractivity contribution < 1.29 is 0 Å². The maximum absolute atomic E-state index is 5.55. The highest BCUT2D eigenvalue weighted by Gasteiger charge is 2.32. The molecular weight excluding hydrogens is 186 g/mol. The van der Waals surface area contributed by atoms with Crippen LogP contribution >= 0.6 is 0 Å². The maximum atomic E-state index is 5.55. The predicted octanol–water partition coefficient (Wildman–Crippen LogP) is 1.92. The van der Waals surface area contributed by atoms with Crippen molar-refractivity contribution in [2.45, 2.75) is 38.8 Å². The van der Waals surface area contributed by atoms with Gasteiger partial charge in [-0.1, -0.05) is 6.07 Å². The summed E-state index contributed by atoms with van der Waals surface area (Å²) in [6.45, 7) is 6.23. The first-order chi connectivity index (χ1) is 7.13. The van der Waals surface area contributed by atoms with Gasteiger partial charge < -0.3 is 10.6 Å². The van der Waals surface area contributed by atoms with Crippen molar-refractivity contribution in [2.75, 3.05) is 11.4 Å². The lowest BCUT2D eigenvalue weighted by atomic mass is 10.0. The van der Waals surface area contributed by atoms with Crippen LogP contribution in [0.1, 0.15) is 32.3 Å². The number of anilines is 1. The molecule has 2 N–H and O–H groups in total. The average molecular weight is 205 g/mol. The highest BCUT2D eigenvalue weighted by Crippen LogP contribution is 2.32. The molecule has 3 heteroatoms. The van der Waals surface area contributed by atoms with Gasteiger partial charge in [0.15, 0.2) is 0 Å². The van der Waals surface area contributed by atoms with E-state index in [1.807, 2.05) is 6.20 Å². The zero-order chi connectivity index (χ0) is 10.9. The topological polar surface area (TPSA) is 42.1 Å². The minimum atomic E-state index is 0.247. The van der Waals surface area contributed by atoms with Gasteiger partial charge in [0, 0.05) is 24.8 Å². The van der Waals surface area contributed by atoms with Gasteiger partial charge in [-0.3, -0.25) is 0 Å². The second kappa shape index (κ2) is 3.81. The van der Waals surface area contributed by atoms with Crippen LogP contribution in [-0.4, -0.2) is 17.1 Å². The molecule has 1 aliphatic heterocycles. The molecule has 3 nitrogen and oxygen atoms in total. The monoisotopic (exact) mass is 205 g/mol. The SMILES string of the molecule is CC1(C)CCCN1c1ccc(CN)cn1. The number of hydrogen-bond donors (Lipinski definition) is 1. The number of nitrogens with two attached hydrogens (primary N) is 1. The van der Waals surface area contributed by atoms with Gasteiger partial charge in [0.1, 0.15) is 5.82 Å². The van der Waals surface area contributed by atoms with E-state index in [2.05, 4.69) is 35.9 Å². The fraction of sp³-hybridized carbons (Fsp3) is 0.583. The van der Waals surface area contributed by atoms with Gasteiger partial charge in [-0.2, -0.15) is 0 Å². The van der Waals surface area contributed by atoms with Crippen LogP contribution < -0.4 is 10.6 Å². The standard InChI is InChI=1S/C12H19N3/c1-12(2)6-3-7-15(12)11-5-4-10(8-13)9-14-11/h4-5,9H,3,6-8,13H2,1-2H3. The summed E-state index contributed by atoms with van der Waals surface area (Å²) in [6.07, 6.45) is 4.38. The molecule has 1 fully saturated rings. The average Bonchev–Trinajstić information content (AvgIpc) is 2.58. The highest BCUT2D eigenvalue weighted by molar-refractivity contribution is 5.43. The number of aromatic nitrogens is 1. The van der Waals surface area contributed by atoms with Gasteiger partial charge in [-0.05, 0) is 38.3 Å². The zero-order valence-electron chi connectivity index (χ0n) is 9.53. The minimum absolute atomic E-state index is 0.247. The van der Waals surface area contributed by atoms with Gasteiger partial charge in [0.2, 0.25) is 0 Å². The predicted molar refractivity (Wildman–Crippen MR) is 62.8 cm³/mol. The van der Waals surface area contributed by atoms with Gasteiger partial charge in [-0.15, -0.1) is 0 Å². The lowest BCUT2D eigenvalue weighted by molar-refractivity contribution is 0.514. The van der Waals surface area contributed by atoms with E-state index in [1.54, 1.807) is 0 Å². The fourth-order valence-corrected chi connectivity index (χ4v) is 2.23. The van der Waals surface area contributed by atoms with Crippen molar-refractivity contribution in [3.63, 3.8) is 0 Å². The third-order valence-corrected chi connectivity index (χ3v) is 3.22. The summed E-state index contributed by atoms with van der Waals surface area (Å²) >= 11 is 0. The molecule has 0 atom stereocenters. The Hall–Kier alpha value is -1.09. The second-order valence-electron chi connectivity index (χ2n) is 4.80. The molecule has 1 saturated heterocycles. The van der Waals surface area contributed by atoms with Crippen molar-refractivity contribution in [2.24, 2.45) is 5.73 Å². The van der Waals surface area contributed by atoms with Crippen LogP contribution in [0.4, 0.5) is 5.82 Å². The van der Waals surface area contributed by atoms with Crippen LogP contribution in [0.2, 0.25) is 0 Å². The fourth-order valence-electron chi connectivity index (χ4n) is 2.23. The van der Waals surface area contributed by atoms with Crippen LogP contribution in [0.5, 0.6) is 0 Å². The zero-order valence-corrected chi connectivity index (χ0v) is 9.53. The lowest BCUT2D eigenvalue weighted by Crippen LogP contribution is -2.38. The molecule has 0 amide bonds. The van der Waals surface area contributed by atoms with E-state index in [1.165, 1.54) is 12.8 Å². The molecule has 0 aliphatic carbocycles. The van der Waals surface area contributed by atoms with Crippen LogP contribution in [0.3, 0.4) is 0 Å². The van der Waals surface area contributed by atoms with Crippen LogP contribution in [-0.2, 0) is 6.54 Å². The Balaban J connectivity index is 2.22. The molecule has 2 rings (SSSR count). The van der Waals surface area contributed by atoms with Crippen molar-refractivity contribution in [1.29, 1.82) is 0 Å². The minimum Gasteiger partial charge on any atom is -0.352 e. The van der Waals surface area contributed by atoms with Crippen molar-refractivity contribution in [3.8, 4) is 0 Å². The first-order valence-corrected chi connectivity index (χ1v) is 5.56. The maximum Gasteiger partial charge on any atom is 0.128 e. The van der Waals surface area contributed by atoms with Crippen LogP contribution in [0.15, 0.2) is 18.3 Å².